The lowest BCUT2D eigenvalue weighted by Crippen LogP contribution is -2.50. The fraction of sp³-hybridized carbons (Fsp3) is 0.375. The smallest absolute Gasteiger partial charge is 0.243 e. The number of rotatable bonds is 14. The molecule has 0 radical (unpaired) electrons. The van der Waals surface area contributed by atoms with Crippen LogP contribution in [0.2, 0.25) is 0 Å². The average molecular weight is 582 g/mol. The number of hydrogen-bond acceptors (Lipinski definition) is 4. The highest BCUT2D eigenvalue weighted by Gasteiger charge is 2.30. The highest BCUT2D eigenvalue weighted by molar-refractivity contribution is 7.92. The number of hydrogen-bond donors (Lipinski definition) is 1. The summed E-state index contributed by atoms with van der Waals surface area (Å²) in [7, 11) is -3.59. The van der Waals surface area contributed by atoms with Crippen molar-refractivity contribution >= 4 is 27.5 Å². The van der Waals surface area contributed by atoms with Gasteiger partial charge in [-0.1, -0.05) is 55.5 Å². The Balaban J connectivity index is 1.87. The second-order valence-corrected chi connectivity index (χ2v) is 12.3. The number of nitrogens with one attached hydrogen (secondary N) is 1. The van der Waals surface area contributed by atoms with Crippen LogP contribution in [0, 0.1) is 19.7 Å². The predicted molar refractivity (Wildman–Crippen MR) is 162 cm³/mol. The summed E-state index contributed by atoms with van der Waals surface area (Å²) >= 11 is 0. The highest BCUT2D eigenvalue weighted by atomic mass is 32.2. The minimum absolute atomic E-state index is 0.0321. The third-order valence-corrected chi connectivity index (χ3v) is 8.21. The fourth-order valence-electron chi connectivity index (χ4n) is 4.59. The van der Waals surface area contributed by atoms with Crippen molar-refractivity contribution in [1.29, 1.82) is 0 Å². The van der Waals surface area contributed by atoms with Crippen molar-refractivity contribution in [2.24, 2.45) is 0 Å². The lowest BCUT2D eigenvalue weighted by Gasteiger charge is -2.32. The summed E-state index contributed by atoms with van der Waals surface area (Å²) in [4.78, 5) is 28.7. The third-order valence-electron chi connectivity index (χ3n) is 7.02. The van der Waals surface area contributed by atoms with Crippen LogP contribution in [0.4, 0.5) is 10.1 Å². The first-order valence-corrected chi connectivity index (χ1v) is 15.7. The lowest BCUT2D eigenvalue weighted by molar-refractivity contribution is -0.141. The van der Waals surface area contributed by atoms with E-state index < -0.39 is 16.1 Å². The molecule has 1 unspecified atom stereocenters. The van der Waals surface area contributed by atoms with Gasteiger partial charge in [-0.3, -0.25) is 13.9 Å². The zero-order chi connectivity index (χ0) is 30.0. The summed E-state index contributed by atoms with van der Waals surface area (Å²) in [5, 5.41) is 2.93. The van der Waals surface area contributed by atoms with E-state index in [0.29, 0.717) is 24.2 Å². The molecular weight excluding hydrogens is 541 g/mol. The number of benzene rings is 3. The maximum Gasteiger partial charge on any atom is 0.243 e. The summed E-state index contributed by atoms with van der Waals surface area (Å²) in [5.41, 5.74) is 4.17. The zero-order valence-corrected chi connectivity index (χ0v) is 25.1. The first kappa shape index (κ1) is 31.8. The normalized spacial score (nSPS) is 12.0. The number of halogens is 1. The molecule has 7 nitrogen and oxygen atoms in total. The summed E-state index contributed by atoms with van der Waals surface area (Å²) in [6.45, 7) is 6.54. The minimum atomic E-state index is -3.59. The Bertz CT molecular complexity index is 1410. The lowest BCUT2D eigenvalue weighted by atomic mass is 10.0. The molecule has 3 aromatic rings. The van der Waals surface area contributed by atoms with Gasteiger partial charge in [0.05, 0.1) is 11.9 Å². The largest absolute Gasteiger partial charge is 0.354 e. The number of nitrogens with zero attached hydrogens (tertiary/aromatic N) is 2. The van der Waals surface area contributed by atoms with Crippen LogP contribution in [0.3, 0.4) is 0 Å². The molecular formula is C32H40FN3O4S. The summed E-state index contributed by atoms with van der Waals surface area (Å²) in [5.74, 6) is -0.935. The highest BCUT2D eigenvalue weighted by Crippen LogP contribution is 2.23. The Labute approximate surface area is 243 Å². The molecule has 1 atom stereocenters. The van der Waals surface area contributed by atoms with Crippen LogP contribution in [0.15, 0.2) is 72.8 Å². The van der Waals surface area contributed by atoms with Crippen molar-refractivity contribution in [3.05, 3.63) is 101 Å². The van der Waals surface area contributed by atoms with Crippen molar-refractivity contribution in [3.63, 3.8) is 0 Å². The Morgan fingerprint density at radius 3 is 2.22 bits per heavy atom. The predicted octanol–water partition coefficient (Wildman–Crippen LogP) is 5.16. The van der Waals surface area contributed by atoms with Crippen LogP contribution in [-0.2, 0) is 32.6 Å². The minimum Gasteiger partial charge on any atom is -0.354 e. The van der Waals surface area contributed by atoms with Gasteiger partial charge in [-0.05, 0) is 73.2 Å². The van der Waals surface area contributed by atoms with E-state index >= 15 is 0 Å². The van der Waals surface area contributed by atoms with E-state index in [0.717, 1.165) is 29.4 Å². The molecule has 41 heavy (non-hydrogen) atoms. The molecule has 0 aliphatic carbocycles. The van der Waals surface area contributed by atoms with Gasteiger partial charge in [0.1, 0.15) is 11.9 Å². The van der Waals surface area contributed by atoms with E-state index in [-0.39, 0.29) is 43.6 Å². The molecule has 0 spiro atoms. The fourth-order valence-corrected chi connectivity index (χ4v) is 5.55. The van der Waals surface area contributed by atoms with Gasteiger partial charge in [-0.2, -0.15) is 0 Å². The van der Waals surface area contributed by atoms with Gasteiger partial charge in [0.25, 0.3) is 0 Å². The van der Waals surface area contributed by atoms with Crippen LogP contribution in [0.25, 0.3) is 0 Å². The molecule has 220 valence electrons. The monoisotopic (exact) mass is 581 g/mol. The molecule has 3 aromatic carbocycles. The first-order chi connectivity index (χ1) is 19.5. The van der Waals surface area contributed by atoms with Crippen molar-refractivity contribution in [2.75, 3.05) is 23.7 Å². The maximum atomic E-state index is 13.8. The number of aryl methyl sites for hydroxylation is 2. The van der Waals surface area contributed by atoms with Crippen molar-refractivity contribution in [1.82, 2.24) is 10.2 Å². The van der Waals surface area contributed by atoms with Gasteiger partial charge in [0.2, 0.25) is 21.8 Å². The van der Waals surface area contributed by atoms with Crippen molar-refractivity contribution in [3.8, 4) is 0 Å². The molecule has 2 amide bonds. The zero-order valence-electron chi connectivity index (χ0n) is 24.3. The van der Waals surface area contributed by atoms with Crippen molar-refractivity contribution in [2.45, 2.75) is 59.0 Å². The van der Waals surface area contributed by atoms with Gasteiger partial charge < -0.3 is 10.2 Å². The third kappa shape index (κ3) is 9.42. The number of amides is 2. The van der Waals surface area contributed by atoms with Crippen LogP contribution < -0.4 is 9.62 Å². The molecule has 0 aromatic heterocycles. The molecule has 1 N–H and O–H groups in total. The van der Waals surface area contributed by atoms with E-state index in [4.69, 9.17) is 0 Å². The molecule has 9 heteroatoms. The number of carbonyl (C=O) groups is 2. The Morgan fingerprint density at radius 1 is 0.927 bits per heavy atom. The topological polar surface area (TPSA) is 86.8 Å². The molecule has 0 fully saturated rings. The van der Waals surface area contributed by atoms with Gasteiger partial charge in [-0.25, -0.2) is 12.8 Å². The molecule has 0 saturated carbocycles. The van der Waals surface area contributed by atoms with Gasteiger partial charge in [-0.15, -0.1) is 0 Å². The van der Waals surface area contributed by atoms with Gasteiger partial charge in [0.15, 0.2) is 0 Å². The molecule has 0 bridgehead atoms. The average Bonchev–Trinajstić information content (AvgIpc) is 2.94. The van der Waals surface area contributed by atoms with Crippen LogP contribution in [0.5, 0.6) is 0 Å². The molecule has 3 rings (SSSR count). The quantitative estimate of drug-likeness (QED) is 0.285. The first-order valence-electron chi connectivity index (χ1n) is 13.9. The van der Waals surface area contributed by atoms with Gasteiger partial charge in [0, 0.05) is 32.5 Å². The van der Waals surface area contributed by atoms with E-state index in [1.165, 1.54) is 21.3 Å². The van der Waals surface area contributed by atoms with E-state index in [1.54, 1.807) is 18.2 Å². The second-order valence-electron chi connectivity index (χ2n) is 10.4. The van der Waals surface area contributed by atoms with Crippen LogP contribution in [0.1, 0.15) is 48.4 Å². The maximum absolute atomic E-state index is 13.8. The van der Waals surface area contributed by atoms with Crippen LogP contribution >= 0.6 is 0 Å². The second kappa shape index (κ2) is 14.8. The SMILES string of the molecule is CCCNC(=O)C(Cc1ccccc1)N(Cc1ccc(F)cc1)C(=O)CCCN(c1ccc(C)c(C)c1)S(C)(=O)=O. The standard InChI is InChI=1S/C32H40FN3O4S/c1-5-19-34-32(38)30(22-26-10-7-6-8-11-26)35(23-27-14-16-28(33)17-15-27)31(37)12-9-20-36(41(4,39)40)29-18-13-24(2)25(3)21-29/h6-8,10-11,13-18,21,30H,5,9,12,19-20,22-23H2,1-4H3,(H,34,38). The summed E-state index contributed by atoms with van der Waals surface area (Å²) in [6.07, 6.45) is 2.49. The summed E-state index contributed by atoms with van der Waals surface area (Å²) < 4.78 is 40.2. The summed E-state index contributed by atoms with van der Waals surface area (Å²) in [6, 6.07) is 20.0. The molecule has 0 aliphatic rings. The van der Waals surface area contributed by atoms with Crippen molar-refractivity contribution < 1.29 is 22.4 Å². The Kier molecular flexibility index (Phi) is 11.5. The van der Waals surface area contributed by atoms with Gasteiger partial charge >= 0.3 is 0 Å². The molecule has 0 aliphatic heterocycles. The molecule has 0 heterocycles. The Hall–Kier alpha value is -3.72. The number of anilines is 1. The molecule has 0 saturated heterocycles. The van der Waals surface area contributed by atoms with Crippen LogP contribution in [-0.4, -0.2) is 50.5 Å². The number of sulfonamides is 1. The van der Waals surface area contributed by atoms with E-state index in [1.807, 2.05) is 63.2 Å². The van der Waals surface area contributed by atoms with E-state index in [2.05, 4.69) is 5.32 Å². The van der Waals surface area contributed by atoms with E-state index in [9.17, 15) is 22.4 Å². The Morgan fingerprint density at radius 2 is 1.61 bits per heavy atom. The number of carbonyl (C=O) groups excluding carboxylic acids is 2.